The molecule has 6 heteroatoms. The Balaban J connectivity index is 1.77. The highest BCUT2D eigenvalue weighted by Gasteiger charge is 2.36. The summed E-state index contributed by atoms with van der Waals surface area (Å²) in [4.78, 5) is 9.03. The number of aliphatic hydroxyl groups is 1. The maximum absolute atomic E-state index is 10.3. The van der Waals surface area contributed by atoms with Gasteiger partial charge in [0.2, 0.25) is 0 Å². The van der Waals surface area contributed by atoms with Gasteiger partial charge in [-0.25, -0.2) is 14.6 Å². The molecule has 0 bridgehead atoms. The van der Waals surface area contributed by atoms with Crippen molar-refractivity contribution in [3.63, 3.8) is 0 Å². The van der Waals surface area contributed by atoms with E-state index in [1.54, 1.807) is 10.9 Å². The molecule has 0 amide bonds. The van der Waals surface area contributed by atoms with Gasteiger partial charge in [0.25, 0.3) is 0 Å². The van der Waals surface area contributed by atoms with E-state index in [2.05, 4.69) is 15.1 Å². The Bertz CT molecular complexity index is 642. The first-order valence-corrected chi connectivity index (χ1v) is 6.86. The van der Waals surface area contributed by atoms with Gasteiger partial charge in [0.05, 0.1) is 17.8 Å². The average molecular weight is 259 g/mol. The summed E-state index contributed by atoms with van der Waals surface area (Å²) in [7, 11) is 0. The van der Waals surface area contributed by atoms with E-state index in [1.165, 1.54) is 12.8 Å². The van der Waals surface area contributed by atoms with E-state index in [0.717, 1.165) is 25.0 Å². The highest BCUT2D eigenvalue weighted by molar-refractivity contribution is 5.81. The third-order valence-corrected chi connectivity index (χ3v) is 4.21. The predicted molar refractivity (Wildman–Crippen MR) is 70.5 cm³/mol. The van der Waals surface area contributed by atoms with E-state index in [-0.39, 0.29) is 0 Å². The minimum Gasteiger partial charge on any atom is -0.388 e. The Labute approximate surface area is 110 Å². The van der Waals surface area contributed by atoms with Crippen LogP contribution in [0.4, 0.5) is 5.82 Å². The topological polar surface area (TPSA) is 89.8 Å². The third-order valence-electron chi connectivity index (χ3n) is 4.21. The largest absolute Gasteiger partial charge is 0.388 e. The molecule has 2 heterocycles. The number of hydrogen-bond acceptors (Lipinski definition) is 5. The normalized spacial score (nSPS) is 21.5. The molecule has 4 rings (SSSR count). The molecule has 0 atom stereocenters. The van der Waals surface area contributed by atoms with Crippen LogP contribution in [-0.2, 0) is 6.54 Å². The fraction of sp³-hybridized carbons (Fsp3) is 0.615. The lowest BCUT2D eigenvalue weighted by Gasteiger charge is -2.36. The van der Waals surface area contributed by atoms with Gasteiger partial charge in [-0.05, 0) is 32.1 Å². The van der Waals surface area contributed by atoms with Crippen LogP contribution >= 0.6 is 0 Å². The maximum atomic E-state index is 10.3. The van der Waals surface area contributed by atoms with Crippen molar-refractivity contribution < 1.29 is 5.11 Å². The molecule has 2 saturated carbocycles. The van der Waals surface area contributed by atoms with Crippen LogP contribution in [0.5, 0.6) is 0 Å². The minimum atomic E-state index is -0.636. The van der Waals surface area contributed by atoms with Crippen LogP contribution in [-0.4, -0.2) is 30.5 Å². The molecule has 0 radical (unpaired) electrons. The quantitative estimate of drug-likeness (QED) is 0.864. The van der Waals surface area contributed by atoms with Gasteiger partial charge in [0, 0.05) is 12.1 Å². The third kappa shape index (κ3) is 1.78. The lowest BCUT2D eigenvalue weighted by atomic mass is 9.80. The SMILES string of the molecule is Nc1nn(CC2(O)CCC2)c2nc(C3CC3)cnc12. The Kier molecular flexibility index (Phi) is 2.15. The van der Waals surface area contributed by atoms with E-state index in [1.807, 2.05) is 0 Å². The van der Waals surface area contributed by atoms with Crippen LogP contribution < -0.4 is 5.73 Å². The lowest BCUT2D eigenvalue weighted by molar-refractivity contribution is -0.0489. The molecule has 2 aliphatic rings. The molecule has 0 aliphatic heterocycles. The molecule has 0 spiro atoms. The molecule has 3 N–H and O–H groups in total. The van der Waals surface area contributed by atoms with E-state index >= 15 is 0 Å². The van der Waals surface area contributed by atoms with Crippen molar-refractivity contribution in [1.29, 1.82) is 0 Å². The summed E-state index contributed by atoms with van der Waals surface area (Å²) >= 11 is 0. The second-order valence-electron chi connectivity index (χ2n) is 5.86. The number of nitrogens with two attached hydrogens (primary N) is 1. The first kappa shape index (κ1) is 11.2. The molecule has 0 unspecified atom stereocenters. The maximum Gasteiger partial charge on any atom is 0.179 e. The van der Waals surface area contributed by atoms with Crippen molar-refractivity contribution in [2.75, 3.05) is 5.73 Å². The number of fused-ring (bicyclic) bond motifs is 1. The molecule has 2 aromatic heterocycles. The van der Waals surface area contributed by atoms with E-state index in [9.17, 15) is 5.11 Å². The molecule has 100 valence electrons. The van der Waals surface area contributed by atoms with Gasteiger partial charge in [0.1, 0.15) is 0 Å². The summed E-state index contributed by atoms with van der Waals surface area (Å²) in [6.45, 7) is 0.462. The zero-order chi connectivity index (χ0) is 13.0. The van der Waals surface area contributed by atoms with Crippen LogP contribution in [0.25, 0.3) is 11.2 Å². The second kappa shape index (κ2) is 3.66. The Morgan fingerprint density at radius 3 is 2.84 bits per heavy atom. The van der Waals surface area contributed by atoms with Crippen molar-refractivity contribution in [1.82, 2.24) is 19.7 Å². The number of nitrogen functional groups attached to an aromatic ring is 1. The highest BCUT2D eigenvalue weighted by atomic mass is 16.3. The number of hydrogen-bond donors (Lipinski definition) is 2. The van der Waals surface area contributed by atoms with Crippen LogP contribution in [0.2, 0.25) is 0 Å². The van der Waals surface area contributed by atoms with Crippen molar-refractivity contribution in [3.05, 3.63) is 11.9 Å². The fourth-order valence-electron chi connectivity index (χ4n) is 2.69. The van der Waals surface area contributed by atoms with Gasteiger partial charge >= 0.3 is 0 Å². The van der Waals surface area contributed by atoms with Gasteiger partial charge in [-0.3, -0.25) is 0 Å². The molecule has 19 heavy (non-hydrogen) atoms. The standard InChI is InChI=1S/C13H17N5O/c14-11-10-12(16-9(6-15-10)8-2-3-8)18(17-11)7-13(19)4-1-5-13/h6,8,19H,1-5,7H2,(H2,14,17). The molecular formula is C13H17N5O. The summed E-state index contributed by atoms with van der Waals surface area (Å²) in [5, 5.41) is 14.6. The van der Waals surface area contributed by atoms with Gasteiger partial charge in [-0.2, -0.15) is 5.10 Å². The number of nitrogens with zero attached hydrogens (tertiary/aromatic N) is 4. The molecule has 6 nitrogen and oxygen atoms in total. The first-order chi connectivity index (χ1) is 9.15. The Morgan fingerprint density at radius 2 is 2.21 bits per heavy atom. The van der Waals surface area contributed by atoms with Crippen LogP contribution in [0, 0.1) is 0 Å². The van der Waals surface area contributed by atoms with Crippen LogP contribution in [0.3, 0.4) is 0 Å². The Hall–Kier alpha value is -1.69. The lowest BCUT2D eigenvalue weighted by Crippen LogP contribution is -2.41. The van der Waals surface area contributed by atoms with Gasteiger partial charge < -0.3 is 10.8 Å². The average Bonchev–Trinajstić information content (AvgIpc) is 3.15. The molecule has 2 aromatic rings. The summed E-state index contributed by atoms with van der Waals surface area (Å²) in [6, 6.07) is 0. The minimum absolute atomic E-state index is 0.396. The van der Waals surface area contributed by atoms with Gasteiger partial charge in [0.15, 0.2) is 17.0 Å². The smallest absolute Gasteiger partial charge is 0.179 e. The van der Waals surface area contributed by atoms with E-state index in [0.29, 0.717) is 29.4 Å². The zero-order valence-corrected chi connectivity index (χ0v) is 10.7. The van der Waals surface area contributed by atoms with Crippen molar-refractivity contribution in [2.24, 2.45) is 0 Å². The summed E-state index contributed by atoms with van der Waals surface area (Å²) < 4.78 is 1.72. The summed E-state index contributed by atoms with van der Waals surface area (Å²) in [5.74, 6) is 0.945. The van der Waals surface area contributed by atoms with Crippen molar-refractivity contribution in [3.8, 4) is 0 Å². The first-order valence-electron chi connectivity index (χ1n) is 6.86. The zero-order valence-electron chi connectivity index (χ0n) is 10.7. The summed E-state index contributed by atoms with van der Waals surface area (Å²) in [6.07, 6.45) is 6.90. The van der Waals surface area contributed by atoms with Crippen molar-refractivity contribution >= 4 is 17.0 Å². The molecule has 0 aromatic carbocycles. The molecule has 2 aliphatic carbocycles. The van der Waals surface area contributed by atoms with Gasteiger partial charge in [-0.15, -0.1) is 0 Å². The highest BCUT2D eigenvalue weighted by Crippen LogP contribution is 2.39. The monoisotopic (exact) mass is 259 g/mol. The summed E-state index contributed by atoms with van der Waals surface area (Å²) in [5.41, 5.74) is 7.62. The van der Waals surface area contributed by atoms with Crippen molar-refractivity contribution in [2.45, 2.75) is 50.2 Å². The second-order valence-corrected chi connectivity index (χ2v) is 5.86. The van der Waals surface area contributed by atoms with Gasteiger partial charge in [-0.1, -0.05) is 0 Å². The predicted octanol–water partition coefficient (Wildman–Crippen LogP) is 1.20. The number of anilines is 1. The Morgan fingerprint density at radius 1 is 1.42 bits per heavy atom. The fourth-order valence-corrected chi connectivity index (χ4v) is 2.69. The molecule has 2 fully saturated rings. The van der Waals surface area contributed by atoms with E-state index < -0.39 is 5.60 Å². The van der Waals surface area contributed by atoms with Crippen LogP contribution in [0.15, 0.2) is 6.20 Å². The molecule has 0 saturated heterocycles. The molecular weight excluding hydrogens is 242 g/mol. The number of rotatable bonds is 3. The van der Waals surface area contributed by atoms with E-state index in [4.69, 9.17) is 5.73 Å². The van der Waals surface area contributed by atoms with Crippen LogP contribution in [0.1, 0.15) is 43.7 Å². The number of aromatic nitrogens is 4.